The van der Waals surface area contributed by atoms with Gasteiger partial charge in [0.05, 0.1) is 6.42 Å². The second kappa shape index (κ2) is 6.52. The van der Waals surface area contributed by atoms with Crippen LogP contribution in [-0.4, -0.2) is 16.1 Å². The van der Waals surface area contributed by atoms with Crippen LogP contribution < -0.4 is 5.32 Å². The van der Waals surface area contributed by atoms with Crippen molar-refractivity contribution in [3.8, 4) is 0 Å². The zero-order valence-corrected chi connectivity index (χ0v) is 13.3. The van der Waals surface area contributed by atoms with Crippen LogP contribution in [0.5, 0.6) is 0 Å². The zero-order chi connectivity index (χ0) is 14.7. The minimum Gasteiger partial charge on any atom is -0.300 e. The number of carbonyl (C=O) groups excluding carboxylic acids is 1. The Labute approximate surface area is 131 Å². The van der Waals surface area contributed by atoms with Crippen LogP contribution in [0.1, 0.15) is 30.3 Å². The molecule has 0 bridgehead atoms. The van der Waals surface area contributed by atoms with E-state index in [1.165, 1.54) is 11.3 Å². The summed E-state index contributed by atoms with van der Waals surface area (Å²) in [6.07, 6.45) is 0.106. The number of amides is 1. The normalized spacial score (nSPS) is 10.8. The Morgan fingerprint density at radius 2 is 1.95 bits per heavy atom. The van der Waals surface area contributed by atoms with Gasteiger partial charge in [0, 0.05) is 16.0 Å². The number of nitrogens with zero attached hydrogens (tertiary/aromatic N) is 2. The van der Waals surface area contributed by atoms with E-state index >= 15 is 0 Å². The lowest BCUT2D eigenvalue weighted by molar-refractivity contribution is -0.115. The Morgan fingerprint density at radius 3 is 2.50 bits per heavy atom. The average Bonchev–Trinajstić information content (AvgIpc) is 2.82. The highest BCUT2D eigenvalue weighted by Gasteiger charge is 2.14. The number of anilines is 1. The number of carbonyl (C=O) groups is 1. The van der Waals surface area contributed by atoms with Crippen molar-refractivity contribution in [2.45, 2.75) is 26.2 Å². The van der Waals surface area contributed by atoms with E-state index in [9.17, 15) is 4.79 Å². The number of nitrogens with one attached hydrogen (secondary N) is 1. The Hall–Kier alpha value is -1.17. The topological polar surface area (TPSA) is 54.9 Å². The van der Waals surface area contributed by atoms with Gasteiger partial charge in [-0.1, -0.05) is 54.5 Å². The molecule has 0 saturated carbocycles. The monoisotopic (exact) mass is 329 g/mol. The second-order valence-corrected chi connectivity index (χ2v) is 6.35. The van der Waals surface area contributed by atoms with Gasteiger partial charge in [0.25, 0.3) is 0 Å². The summed E-state index contributed by atoms with van der Waals surface area (Å²) in [5.41, 5.74) is 0.613. The third-order valence-electron chi connectivity index (χ3n) is 2.58. The highest BCUT2D eigenvalue weighted by Crippen LogP contribution is 2.26. The van der Waals surface area contributed by atoms with Crippen LogP contribution in [0.15, 0.2) is 18.2 Å². The lowest BCUT2D eigenvalue weighted by Gasteiger charge is -2.06. The van der Waals surface area contributed by atoms with Crippen molar-refractivity contribution in [3.63, 3.8) is 0 Å². The molecule has 0 aliphatic carbocycles. The highest BCUT2D eigenvalue weighted by atomic mass is 35.5. The van der Waals surface area contributed by atoms with E-state index in [2.05, 4.69) is 15.5 Å². The first-order chi connectivity index (χ1) is 9.47. The molecule has 2 rings (SSSR count). The van der Waals surface area contributed by atoms with E-state index in [0.29, 0.717) is 20.7 Å². The summed E-state index contributed by atoms with van der Waals surface area (Å²) in [4.78, 5) is 12.0. The summed E-state index contributed by atoms with van der Waals surface area (Å²) in [5.74, 6) is 0.0719. The predicted octanol–water partition coefficient (Wildman–Crippen LogP) is 4.15. The fourth-order valence-corrected chi connectivity index (χ4v) is 2.84. The van der Waals surface area contributed by atoms with Crippen molar-refractivity contribution in [1.82, 2.24) is 10.2 Å². The maximum Gasteiger partial charge on any atom is 0.230 e. The molecule has 106 valence electrons. The molecule has 1 amide bonds. The van der Waals surface area contributed by atoms with Gasteiger partial charge in [-0.05, 0) is 17.7 Å². The number of halogens is 2. The van der Waals surface area contributed by atoms with Crippen molar-refractivity contribution >= 4 is 45.6 Å². The zero-order valence-electron chi connectivity index (χ0n) is 11.0. The predicted molar refractivity (Wildman–Crippen MR) is 82.8 cm³/mol. The molecule has 1 N–H and O–H groups in total. The van der Waals surface area contributed by atoms with Gasteiger partial charge in [0.1, 0.15) is 5.01 Å². The molecule has 0 saturated heterocycles. The Balaban J connectivity index is 2.05. The first kappa shape index (κ1) is 15.2. The van der Waals surface area contributed by atoms with Gasteiger partial charge in [0.2, 0.25) is 11.0 Å². The molecule has 1 heterocycles. The van der Waals surface area contributed by atoms with Gasteiger partial charge in [-0.25, -0.2) is 0 Å². The summed E-state index contributed by atoms with van der Waals surface area (Å²) in [5, 5.41) is 13.0. The third kappa shape index (κ3) is 3.69. The van der Waals surface area contributed by atoms with Crippen LogP contribution in [0.25, 0.3) is 0 Å². The molecule has 1 aromatic carbocycles. The number of rotatable bonds is 4. The third-order valence-corrected chi connectivity index (χ3v) is 4.43. The van der Waals surface area contributed by atoms with Gasteiger partial charge in [-0.2, -0.15) is 0 Å². The Morgan fingerprint density at radius 1 is 1.30 bits per heavy atom. The quantitative estimate of drug-likeness (QED) is 0.916. The molecular formula is C13H13Cl2N3OS. The minimum atomic E-state index is -0.216. The second-order valence-electron chi connectivity index (χ2n) is 4.53. The average molecular weight is 330 g/mol. The van der Waals surface area contributed by atoms with Crippen molar-refractivity contribution in [2.75, 3.05) is 5.32 Å². The molecule has 1 aromatic heterocycles. The van der Waals surface area contributed by atoms with E-state index in [1.54, 1.807) is 18.2 Å². The largest absolute Gasteiger partial charge is 0.300 e. The molecule has 0 unspecified atom stereocenters. The number of aromatic nitrogens is 2. The van der Waals surface area contributed by atoms with Crippen molar-refractivity contribution in [2.24, 2.45) is 0 Å². The number of hydrogen-bond acceptors (Lipinski definition) is 4. The fraction of sp³-hybridized carbons (Fsp3) is 0.308. The maximum absolute atomic E-state index is 12.0. The molecule has 0 radical (unpaired) electrons. The standard InChI is InChI=1S/C13H13Cl2N3OS/c1-7(2)12-17-18-13(20-12)16-11(19)6-8-9(14)4-3-5-10(8)15/h3-5,7H,6H2,1-2H3,(H,16,18,19). The molecule has 0 aliphatic rings. The van der Waals surface area contributed by atoms with Crippen LogP contribution in [0.3, 0.4) is 0 Å². The number of hydrogen-bond donors (Lipinski definition) is 1. The maximum atomic E-state index is 12.0. The smallest absolute Gasteiger partial charge is 0.230 e. The number of benzene rings is 1. The van der Waals surface area contributed by atoms with Crippen molar-refractivity contribution in [1.29, 1.82) is 0 Å². The van der Waals surface area contributed by atoms with E-state index in [0.717, 1.165) is 5.01 Å². The first-order valence-corrected chi connectivity index (χ1v) is 7.60. The van der Waals surface area contributed by atoms with E-state index in [-0.39, 0.29) is 18.2 Å². The lowest BCUT2D eigenvalue weighted by atomic mass is 10.1. The summed E-state index contributed by atoms with van der Waals surface area (Å²) >= 11 is 13.4. The lowest BCUT2D eigenvalue weighted by Crippen LogP contribution is -2.14. The first-order valence-electron chi connectivity index (χ1n) is 6.03. The molecule has 0 aliphatic heterocycles. The molecule has 0 fully saturated rings. The fourth-order valence-electron chi connectivity index (χ4n) is 1.54. The van der Waals surface area contributed by atoms with Crippen molar-refractivity contribution in [3.05, 3.63) is 38.8 Å². The van der Waals surface area contributed by atoms with Crippen LogP contribution in [-0.2, 0) is 11.2 Å². The van der Waals surface area contributed by atoms with Crippen LogP contribution in [0.2, 0.25) is 10.0 Å². The Kier molecular flexibility index (Phi) is 4.96. The summed E-state index contributed by atoms with van der Waals surface area (Å²) in [6, 6.07) is 5.15. The molecule has 7 heteroatoms. The summed E-state index contributed by atoms with van der Waals surface area (Å²) in [6.45, 7) is 4.05. The van der Waals surface area contributed by atoms with E-state index in [1.807, 2.05) is 13.8 Å². The van der Waals surface area contributed by atoms with Crippen LogP contribution in [0, 0.1) is 0 Å². The molecule has 20 heavy (non-hydrogen) atoms. The van der Waals surface area contributed by atoms with Gasteiger partial charge < -0.3 is 5.32 Å². The highest BCUT2D eigenvalue weighted by molar-refractivity contribution is 7.15. The van der Waals surface area contributed by atoms with E-state index in [4.69, 9.17) is 23.2 Å². The van der Waals surface area contributed by atoms with E-state index < -0.39 is 0 Å². The van der Waals surface area contributed by atoms with Gasteiger partial charge in [-0.3, -0.25) is 4.79 Å². The minimum absolute atomic E-state index is 0.106. The van der Waals surface area contributed by atoms with Crippen LogP contribution >= 0.6 is 34.5 Å². The molecular weight excluding hydrogens is 317 g/mol. The summed E-state index contributed by atoms with van der Waals surface area (Å²) < 4.78 is 0. The molecule has 0 spiro atoms. The van der Waals surface area contributed by atoms with Gasteiger partial charge in [-0.15, -0.1) is 10.2 Å². The van der Waals surface area contributed by atoms with Gasteiger partial charge >= 0.3 is 0 Å². The molecule has 0 atom stereocenters. The Bertz CT molecular complexity index is 608. The van der Waals surface area contributed by atoms with Gasteiger partial charge in [0.15, 0.2) is 0 Å². The molecule has 2 aromatic rings. The van der Waals surface area contributed by atoms with Crippen molar-refractivity contribution < 1.29 is 4.79 Å². The summed E-state index contributed by atoms with van der Waals surface area (Å²) in [7, 11) is 0. The van der Waals surface area contributed by atoms with Crippen LogP contribution in [0.4, 0.5) is 5.13 Å². The SMILES string of the molecule is CC(C)c1nnc(NC(=O)Cc2c(Cl)cccc2Cl)s1. The molecule has 4 nitrogen and oxygen atoms in total.